The number of nitrogens with one attached hydrogen (secondary N) is 1. The highest BCUT2D eigenvalue weighted by molar-refractivity contribution is 8.00. The molecule has 0 bridgehead atoms. The number of esters is 1. The van der Waals surface area contributed by atoms with Crippen molar-refractivity contribution in [2.75, 3.05) is 25.6 Å². The molecule has 4 nitrogen and oxygen atoms in total. The summed E-state index contributed by atoms with van der Waals surface area (Å²) in [6, 6.07) is 0.294. The minimum atomic E-state index is -0.457. The highest BCUT2D eigenvalue weighted by Gasteiger charge is 2.49. The fraction of sp³-hybridized carbons (Fsp3) is 0.938. The van der Waals surface area contributed by atoms with Crippen molar-refractivity contribution < 1.29 is 14.3 Å². The summed E-state index contributed by atoms with van der Waals surface area (Å²) in [7, 11) is 0. The largest absolute Gasteiger partial charge is 0.465 e. The molecule has 1 heterocycles. The first-order valence-electron chi connectivity index (χ1n) is 8.22. The molecule has 1 N–H and O–H groups in total. The van der Waals surface area contributed by atoms with E-state index in [1.807, 2.05) is 18.7 Å². The second-order valence-electron chi connectivity index (χ2n) is 6.40. The molecule has 2 unspecified atom stereocenters. The van der Waals surface area contributed by atoms with Gasteiger partial charge in [0.15, 0.2) is 0 Å². The zero-order valence-electron chi connectivity index (χ0n) is 13.5. The number of ether oxygens (including phenoxy) is 2. The quantitative estimate of drug-likeness (QED) is 0.698. The van der Waals surface area contributed by atoms with Gasteiger partial charge in [-0.15, -0.1) is 0 Å². The molecule has 0 amide bonds. The smallest absolute Gasteiger partial charge is 0.326 e. The summed E-state index contributed by atoms with van der Waals surface area (Å²) in [6.07, 6.45) is 4.23. The minimum absolute atomic E-state index is 0.0434. The van der Waals surface area contributed by atoms with Crippen LogP contribution in [0.4, 0.5) is 0 Å². The highest BCUT2D eigenvalue weighted by atomic mass is 32.2. The minimum Gasteiger partial charge on any atom is -0.465 e. The van der Waals surface area contributed by atoms with Crippen molar-refractivity contribution in [3.8, 4) is 0 Å². The van der Waals surface area contributed by atoms with E-state index in [9.17, 15) is 4.79 Å². The van der Waals surface area contributed by atoms with E-state index in [4.69, 9.17) is 9.47 Å². The van der Waals surface area contributed by atoms with Crippen LogP contribution in [0.2, 0.25) is 0 Å². The Labute approximate surface area is 132 Å². The van der Waals surface area contributed by atoms with E-state index >= 15 is 0 Å². The number of hydrogen-bond acceptors (Lipinski definition) is 5. The molecule has 0 aromatic carbocycles. The van der Waals surface area contributed by atoms with Gasteiger partial charge in [0, 0.05) is 6.04 Å². The molecular weight excluding hydrogens is 286 g/mol. The summed E-state index contributed by atoms with van der Waals surface area (Å²) in [6.45, 7) is 8.34. The third-order valence-corrected chi connectivity index (χ3v) is 5.65. The first kappa shape index (κ1) is 17.1. The lowest BCUT2D eigenvalue weighted by molar-refractivity contribution is -0.153. The van der Waals surface area contributed by atoms with Crippen LogP contribution in [0.5, 0.6) is 0 Å². The van der Waals surface area contributed by atoms with Gasteiger partial charge >= 0.3 is 5.97 Å². The SMILES string of the molecule is CCOC(=O)C1(NC(C)C)CCCC1CCSC1COC1. The Hall–Kier alpha value is -0.260. The van der Waals surface area contributed by atoms with Crippen LogP contribution in [0, 0.1) is 5.92 Å². The van der Waals surface area contributed by atoms with Gasteiger partial charge in [-0.05, 0) is 51.7 Å². The van der Waals surface area contributed by atoms with Crippen molar-refractivity contribution in [1.29, 1.82) is 0 Å². The highest BCUT2D eigenvalue weighted by Crippen LogP contribution is 2.40. The number of carbonyl (C=O) groups is 1. The molecule has 0 radical (unpaired) electrons. The van der Waals surface area contributed by atoms with Gasteiger partial charge in [-0.1, -0.05) is 6.42 Å². The van der Waals surface area contributed by atoms with Crippen LogP contribution in [0.1, 0.15) is 46.5 Å². The van der Waals surface area contributed by atoms with Crippen molar-refractivity contribution in [1.82, 2.24) is 5.32 Å². The Bertz CT molecular complexity index is 346. The van der Waals surface area contributed by atoms with Crippen LogP contribution in [0.25, 0.3) is 0 Å². The number of thioether (sulfide) groups is 1. The third kappa shape index (κ3) is 4.14. The molecule has 2 atom stereocenters. The van der Waals surface area contributed by atoms with E-state index in [-0.39, 0.29) is 5.97 Å². The Balaban J connectivity index is 1.95. The van der Waals surface area contributed by atoms with E-state index in [1.54, 1.807) is 0 Å². The van der Waals surface area contributed by atoms with Crippen LogP contribution in [-0.2, 0) is 14.3 Å². The lowest BCUT2D eigenvalue weighted by atomic mass is 9.84. The van der Waals surface area contributed by atoms with Crippen LogP contribution in [0.15, 0.2) is 0 Å². The summed E-state index contributed by atoms with van der Waals surface area (Å²) < 4.78 is 10.6. The van der Waals surface area contributed by atoms with Crippen molar-refractivity contribution in [3.63, 3.8) is 0 Å². The van der Waals surface area contributed by atoms with Crippen LogP contribution < -0.4 is 5.32 Å². The maximum atomic E-state index is 12.6. The average molecular weight is 315 g/mol. The molecule has 2 fully saturated rings. The number of rotatable bonds is 8. The van der Waals surface area contributed by atoms with E-state index in [0.29, 0.717) is 23.8 Å². The van der Waals surface area contributed by atoms with Crippen molar-refractivity contribution in [3.05, 3.63) is 0 Å². The van der Waals surface area contributed by atoms with E-state index < -0.39 is 5.54 Å². The zero-order valence-corrected chi connectivity index (χ0v) is 14.3. The molecule has 0 aromatic rings. The predicted molar refractivity (Wildman–Crippen MR) is 86.7 cm³/mol. The second-order valence-corrected chi connectivity index (χ2v) is 7.81. The normalized spacial score (nSPS) is 29.6. The monoisotopic (exact) mass is 315 g/mol. The molecular formula is C16H29NO3S. The topological polar surface area (TPSA) is 47.6 Å². The first-order valence-corrected chi connectivity index (χ1v) is 9.27. The molecule has 122 valence electrons. The number of hydrogen-bond donors (Lipinski definition) is 1. The molecule has 1 aliphatic heterocycles. The summed E-state index contributed by atoms with van der Waals surface area (Å²) in [5.74, 6) is 1.46. The third-order valence-electron chi connectivity index (χ3n) is 4.43. The van der Waals surface area contributed by atoms with Gasteiger partial charge < -0.3 is 9.47 Å². The lowest BCUT2D eigenvalue weighted by Gasteiger charge is -2.36. The van der Waals surface area contributed by atoms with Gasteiger partial charge in [0.25, 0.3) is 0 Å². The van der Waals surface area contributed by atoms with Crippen molar-refractivity contribution in [2.24, 2.45) is 5.92 Å². The van der Waals surface area contributed by atoms with E-state index in [2.05, 4.69) is 19.2 Å². The molecule has 1 saturated heterocycles. The molecule has 0 spiro atoms. The Kier molecular flexibility index (Phi) is 6.38. The standard InChI is InChI=1S/C16H29NO3S/c1-4-20-15(18)16(17-12(2)3)8-5-6-13(16)7-9-21-14-10-19-11-14/h12-14,17H,4-11H2,1-3H3. The van der Waals surface area contributed by atoms with Crippen LogP contribution in [0.3, 0.4) is 0 Å². The maximum Gasteiger partial charge on any atom is 0.326 e. The van der Waals surface area contributed by atoms with Crippen molar-refractivity contribution >= 4 is 17.7 Å². The Morgan fingerprint density at radius 3 is 2.81 bits per heavy atom. The van der Waals surface area contributed by atoms with Gasteiger partial charge in [-0.2, -0.15) is 11.8 Å². The summed E-state index contributed by atoms with van der Waals surface area (Å²) in [5, 5.41) is 4.22. The number of carbonyl (C=O) groups excluding carboxylic acids is 1. The Morgan fingerprint density at radius 2 is 2.24 bits per heavy atom. The molecule has 2 aliphatic rings. The first-order chi connectivity index (χ1) is 10.1. The molecule has 1 saturated carbocycles. The fourth-order valence-electron chi connectivity index (χ4n) is 3.45. The average Bonchev–Trinajstić information content (AvgIpc) is 2.76. The lowest BCUT2D eigenvalue weighted by Crippen LogP contribution is -2.58. The summed E-state index contributed by atoms with van der Waals surface area (Å²) in [5.41, 5.74) is -0.457. The molecule has 21 heavy (non-hydrogen) atoms. The zero-order chi connectivity index (χ0) is 15.3. The molecule has 5 heteroatoms. The van der Waals surface area contributed by atoms with Gasteiger partial charge in [0.05, 0.1) is 25.1 Å². The molecule has 1 aliphatic carbocycles. The van der Waals surface area contributed by atoms with Gasteiger partial charge in [-0.25, -0.2) is 0 Å². The predicted octanol–water partition coefficient (Wildman–Crippen LogP) is 2.61. The van der Waals surface area contributed by atoms with Crippen LogP contribution in [-0.4, -0.2) is 48.4 Å². The maximum absolute atomic E-state index is 12.6. The fourth-order valence-corrected chi connectivity index (χ4v) is 4.59. The van der Waals surface area contributed by atoms with Gasteiger partial charge in [0.2, 0.25) is 0 Å². The van der Waals surface area contributed by atoms with E-state index in [0.717, 1.165) is 44.6 Å². The van der Waals surface area contributed by atoms with Crippen LogP contribution >= 0.6 is 11.8 Å². The van der Waals surface area contributed by atoms with Gasteiger partial charge in [0.1, 0.15) is 5.54 Å². The van der Waals surface area contributed by atoms with Crippen molar-refractivity contribution in [2.45, 2.75) is 63.3 Å². The summed E-state index contributed by atoms with van der Waals surface area (Å²) >= 11 is 1.99. The van der Waals surface area contributed by atoms with Gasteiger partial charge in [-0.3, -0.25) is 10.1 Å². The van der Waals surface area contributed by atoms with E-state index in [1.165, 1.54) is 0 Å². The second kappa shape index (κ2) is 7.84. The summed E-state index contributed by atoms with van der Waals surface area (Å²) in [4.78, 5) is 12.6. The molecule has 0 aromatic heterocycles. The Morgan fingerprint density at radius 1 is 1.48 bits per heavy atom. The molecule has 2 rings (SSSR count).